The van der Waals surface area contributed by atoms with E-state index in [-0.39, 0.29) is 18.1 Å². The number of likely N-dealkylation sites (tertiary alicyclic amines) is 1. The molecule has 0 aromatic heterocycles. The number of rotatable bonds is 3. The fraction of sp³-hybridized carbons (Fsp3) is 0.562. The molecule has 1 amide bonds. The molecule has 1 aliphatic heterocycles. The average molecular weight is 275 g/mol. The second-order valence-electron chi connectivity index (χ2n) is 5.69. The maximum Gasteiger partial charge on any atom is 0.257 e. The van der Waals surface area contributed by atoms with Gasteiger partial charge in [-0.3, -0.25) is 4.79 Å². The summed E-state index contributed by atoms with van der Waals surface area (Å²) in [7, 11) is 0. The maximum atomic E-state index is 12.6. The smallest absolute Gasteiger partial charge is 0.257 e. The van der Waals surface area contributed by atoms with Crippen LogP contribution in [-0.4, -0.2) is 41.2 Å². The molecule has 4 nitrogen and oxygen atoms in total. The largest absolute Gasteiger partial charge is 0.490 e. The number of carbonyl (C=O) groups excluding carboxylic acids is 1. The zero-order valence-corrected chi connectivity index (χ0v) is 11.6. The van der Waals surface area contributed by atoms with Crippen LogP contribution in [0.4, 0.5) is 0 Å². The van der Waals surface area contributed by atoms with Crippen LogP contribution in [0.3, 0.4) is 0 Å². The van der Waals surface area contributed by atoms with Gasteiger partial charge in [0.05, 0.1) is 17.8 Å². The highest BCUT2D eigenvalue weighted by molar-refractivity contribution is 5.97. The van der Waals surface area contributed by atoms with Gasteiger partial charge in [-0.1, -0.05) is 12.1 Å². The van der Waals surface area contributed by atoms with Gasteiger partial charge in [0.15, 0.2) is 0 Å². The van der Waals surface area contributed by atoms with Crippen molar-refractivity contribution in [1.29, 1.82) is 0 Å². The Morgan fingerprint density at radius 1 is 1.15 bits per heavy atom. The highest BCUT2D eigenvalue weighted by Gasteiger charge is 2.26. The molecule has 1 aromatic carbocycles. The number of benzene rings is 1. The predicted molar refractivity (Wildman–Crippen MR) is 75.9 cm³/mol. The number of para-hydroxylation sites is 1. The fourth-order valence-corrected chi connectivity index (χ4v) is 2.65. The molecule has 1 aliphatic carbocycles. The molecule has 4 heteroatoms. The van der Waals surface area contributed by atoms with Crippen molar-refractivity contribution < 1.29 is 14.6 Å². The molecule has 0 bridgehead atoms. The lowest BCUT2D eigenvalue weighted by Crippen LogP contribution is -2.40. The molecule has 1 aromatic rings. The minimum atomic E-state index is -0.263. The van der Waals surface area contributed by atoms with Crippen LogP contribution in [0.15, 0.2) is 24.3 Å². The third-order valence-corrected chi connectivity index (χ3v) is 4.21. The average Bonchev–Trinajstić information content (AvgIpc) is 2.43. The molecule has 0 unspecified atom stereocenters. The third kappa shape index (κ3) is 2.80. The summed E-state index contributed by atoms with van der Waals surface area (Å²) in [6, 6.07) is 7.50. The van der Waals surface area contributed by atoms with E-state index < -0.39 is 0 Å². The second-order valence-corrected chi connectivity index (χ2v) is 5.69. The van der Waals surface area contributed by atoms with Gasteiger partial charge in [0.25, 0.3) is 5.91 Å². The van der Waals surface area contributed by atoms with Crippen molar-refractivity contribution in [3.05, 3.63) is 29.8 Å². The van der Waals surface area contributed by atoms with Crippen LogP contribution < -0.4 is 4.74 Å². The van der Waals surface area contributed by atoms with E-state index in [9.17, 15) is 9.90 Å². The number of aliphatic hydroxyl groups excluding tert-OH is 1. The Morgan fingerprint density at radius 3 is 2.50 bits per heavy atom. The Kier molecular flexibility index (Phi) is 3.92. The van der Waals surface area contributed by atoms with E-state index >= 15 is 0 Å². The molecule has 1 saturated carbocycles. The van der Waals surface area contributed by atoms with Crippen LogP contribution in [0, 0.1) is 0 Å². The number of ether oxygens (including phenoxy) is 1. The van der Waals surface area contributed by atoms with Crippen LogP contribution in [0.25, 0.3) is 0 Å². The number of piperidine rings is 1. The van der Waals surface area contributed by atoms with E-state index in [1.54, 1.807) is 0 Å². The fourth-order valence-electron chi connectivity index (χ4n) is 2.65. The van der Waals surface area contributed by atoms with E-state index in [1.165, 1.54) is 6.42 Å². The van der Waals surface area contributed by atoms with Gasteiger partial charge in [-0.15, -0.1) is 0 Å². The van der Waals surface area contributed by atoms with E-state index in [1.807, 2.05) is 29.2 Å². The van der Waals surface area contributed by atoms with Gasteiger partial charge in [-0.2, -0.15) is 0 Å². The monoisotopic (exact) mass is 275 g/mol. The lowest BCUT2D eigenvalue weighted by atomic mass is 9.96. The molecule has 0 atom stereocenters. The van der Waals surface area contributed by atoms with Crippen molar-refractivity contribution in [1.82, 2.24) is 4.90 Å². The number of aliphatic hydroxyl groups is 1. The van der Waals surface area contributed by atoms with Crippen LogP contribution in [0.2, 0.25) is 0 Å². The van der Waals surface area contributed by atoms with Crippen molar-refractivity contribution in [3.63, 3.8) is 0 Å². The van der Waals surface area contributed by atoms with Crippen molar-refractivity contribution in [2.45, 2.75) is 44.3 Å². The topological polar surface area (TPSA) is 49.8 Å². The van der Waals surface area contributed by atoms with Crippen molar-refractivity contribution in [3.8, 4) is 5.75 Å². The van der Waals surface area contributed by atoms with Crippen molar-refractivity contribution >= 4 is 5.91 Å². The quantitative estimate of drug-likeness (QED) is 0.920. The van der Waals surface area contributed by atoms with Crippen molar-refractivity contribution in [2.24, 2.45) is 0 Å². The van der Waals surface area contributed by atoms with Gasteiger partial charge >= 0.3 is 0 Å². The first-order chi connectivity index (χ1) is 9.74. The zero-order chi connectivity index (χ0) is 13.9. The van der Waals surface area contributed by atoms with Crippen molar-refractivity contribution in [2.75, 3.05) is 13.1 Å². The first kappa shape index (κ1) is 13.4. The van der Waals surface area contributed by atoms with Gasteiger partial charge < -0.3 is 14.7 Å². The summed E-state index contributed by atoms with van der Waals surface area (Å²) >= 11 is 0. The summed E-state index contributed by atoms with van der Waals surface area (Å²) in [5, 5.41) is 9.53. The van der Waals surface area contributed by atoms with Gasteiger partial charge in [0.1, 0.15) is 5.75 Å². The standard InChI is InChI=1S/C16H21NO3/c18-12-8-10-17(11-9-12)16(19)14-6-1-2-7-15(14)20-13-4-3-5-13/h1-2,6-7,12-13,18H,3-5,8-11H2. The molecule has 0 spiro atoms. The van der Waals surface area contributed by atoms with Crippen LogP contribution in [0.1, 0.15) is 42.5 Å². The molecule has 1 saturated heterocycles. The number of nitrogens with zero attached hydrogens (tertiary/aromatic N) is 1. The SMILES string of the molecule is O=C(c1ccccc1OC1CCC1)N1CCC(O)CC1. The summed E-state index contributed by atoms with van der Waals surface area (Å²) in [6.07, 6.45) is 4.71. The Hall–Kier alpha value is -1.55. The number of carbonyl (C=O) groups is 1. The number of hydrogen-bond donors (Lipinski definition) is 1. The Labute approximate surface area is 119 Å². The number of hydrogen-bond acceptors (Lipinski definition) is 3. The lowest BCUT2D eigenvalue weighted by Gasteiger charge is -2.31. The highest BCUT2D eigenvalue weighted by atomic mass is 16.5. The summed E-state index contributed by atoms with van der Waals surface area (Å²) in [6.45, 7) is 1.25. The summed E-state index contributed by atoms with van der Waals surface area (Å²) in [5.74, 6) is 0.722. The minimum Gasteiger partial charge on any atom is -0.490 e. The Balaban J connectivity index is 1.73. The Morgan fingerprint density at radius 2 is 1.85 bits per heavy atom. The second kappa shape index (κ2) is 5.83. The maximum absolute atomic E-state index is 12.6. The molecule has 0 radical (unpaired) electrons. The molecular weight excluding hydrogens is 254 g/mol. The molecule has 20 heavy (non-hydrogen) atoms. The summed E-state index contributed by atoms with van der Waals surface area (Å²) in [5.41, 5.74) is 0.649. The zero-order valence-electron chi connectivity index (χ0n) is 11.6. The van der Waals surface area contributed by atoms with Gasteiger partial charge in [-0.05, 0) is 44.2 Å². The lowest BCUT2D eigenvalue weighted by molar-refractivity contribution is 0.0536. The molecule has 1 heterocycles. The molecule has 108 valence electrons. The molecule has 2 aliphatic rings. The summed E-state index contributed by atoms with van der Waals surface area (Å²) < 4.78 is 5.92. The molecule has 3 rings (SSSR count). The predicted octanol–water partition coefficient (Wildman–Crippen LogP) is 2.21. The molecular formula is C16H21NO3. The van der Waals surface area contributed by atoms with E-state index in [2.05, 4.69) is 0 Å². The van der Waals surface area contributed by atoms with Gasteiger partial charge in [-0.25, -0.2) is 0 Å². The Bertz CT molecular complexity index is 476. The third-order valence-electron chi connectivity index (χ3n) is 4.21. The van der Waals surface area contributed by atoms with Gasteiger partial charge in [0, 0.05) is 13.1 Å². The van der Waals surface area contributed by atoms with Crippen LogP contribution in [-0.2, 0) is 0 Å². The molecule has 1 N–H and O–H groups in total. The van der Waals surface area contributed by atoms with E-state index in [0.717, 1.165) is 12.8 Å². The minimum absolute atomic E-state index is 0.0202. The molecule has 2 fully saturated rings. The summed E-state index contributed by atoms with van der Waals surface area (Å²) in [4.78, 5) is 14.4. The van der Waals surface area contributed by atoms with Crippen LogP contribution in [0.5, 0.6) is 5.75 Å². The highest BCUT2D eigenvalue weighted by Crippen LogP contribution is 2.28. The van der Waals surface area contributed by atoms with E-state index in [4.69, 9.17) is 4.74 Å². The number of amides is 1. The van der Waals surface area contributed by atoms with Gasteiger partial charge in [0.2, 0.25) is 0 Å². The first-order valence-corrected chi connectivity index (χ1v) is 7.47. The van der Waals surface area contributed by atoms with E-state index in [0.29, 0.717) is 37.2 Å². The normalized spacial score (nSPS) is 20.6. The van der Waals surface area contributed by atoms with Crippen LogP contribution >= 0.6 is 0 Å². The first-order valence-electron chi connectivity index (χ1n) is 7.47.